The van der Waals surface area contributed by atoms with Gasteiger partial charge in [-0.05, 0) is 31.0 Å². The van der Waals surface area contributed by atoms with E-state index >= 15 is 0 Å². The fourth-order valence-corrected chi connectivity index (χ4v) is 2.86. The lowest BCUT2D eigenvalue weighted by Gasteiger charge is -2.20. The maximum Gasteiger partial charge on any atom is 0.342 e. The molecule has 0 saturated heterocycles. The molecule has 7 heteroatoms. The fourth-order valence-electron chi connectivity index (χ4n) is 2.69. The molecular formula is C17H20ClNO5. The van der Waals surface area contributed by atoms with Crippen LogP contribution in [0.3, 0.4) is 0 Å². The van der Waals surface area contributed by atoms with Crippen molar-refractivity contribution in [2.24, 2.45) is 5.92 Å². The monoisotopic (exact) mass is 353 g/mol. The predicted octanol–water partition coefficient (Wildman–Crippen LogP) is 2.73. The van der Waals surface area contributed by atoms with Gasteiger partial charge >= 0.3 is 5.97 Å². The van der Waals surface area contributed by atoms with E-state index in [2.05, 4.69) is 5.32 Å². The van der Waals surface area contributed by atoms with Crippen molar-refractivity contribution in [3.05, 3.63) is 28.8 Å². The summed E-state index contributed by atoms with van der Waals surface area (Å²) < 4.78 is 9.99. The first-order valence-electron chi connectivity index (χ1n) is 7.85. The van der Waals surface area contributed by atoms with Crippen LogP contribution in [0, 0.1) is 5.92 Å². The average Bonchev–Trinajstić information content (AvgIpc) is 2.60. The maximum atomic E-state index is 12.0. The van der Waals surface area contributed by atoms with Gasteiger partial charge in [-0.1, -0.05) is 30.9 Å². The second-order valence-corrected chi connectivity index (χ2v) is 6.10. The molecular weight excluding hydrogens is 334 g/mol. The molecule has 1 aliphatic carbocycles. The Labute approximate surface area is 145 Å². The van der Waals surface area contributed by atoms with Gasteiger partial charge < -0.3 is 9.47 Å². The normalized spacial score (nSPS) is 14.8. The zero-order chi connectivity index (χ0) is 17.5. The van der Waals surface area contributed by atoms with Crippen molar-refractivity contribution in [3.8, 4) is 5.75 Å². The molecule has 1 fully saturated rings. The lowest BCUT2D eigenvalue weighted by atomic mass is 9.89. The number of nitrogens with one attached hydrogen (secondary N) is 1. The third-order valence-electron chi connectivity index (χ3n) is 3.95. The highest BCUT2D eigenvalue weighted by molar-refractivity contribution is 6.31. The van der Waals surface area contributed by atoms with E-state index in [9.17, 15) is 14.4 Å². The Bertz CT molecular complexity index is 625. The standard InChI is InChI=1S/C17H20ClNO5/c1-23-14-8-7-12(18)9-13(14)17(22)24-10-15(20)19-16(21)11-5-3-2-4-6-11/h7-9,11H,2-6,10H2,1H3,(H,19,20,21). The molecule has 0 aliphatic heterocycles. The van der Waals surface area contributed by atoms with Crippen LogP contribution in [0.2, 0.25) is 5.02 Å². The second kappa shape index (κ2) is 8.68. The van der Waals surface area contributed by atoms with Crippen molar-refractivity contribution in [3.63, 3.8) is 0 Å². The molecule has 0 heterocycles. The third-order valence-corrected chi connectivity index (χ3v) is 4.19. The highest BCUT2D eigenvalue weighted by Crippen LogP contribution is 2.24. The summed E-state index contributed by atoms with van der Waals surface area (Å²) in [4.78, 5) is 35.8. The number of imide groups is 1. The molecule has 2 amide bonds. The summed E-state index contributed by atoms with van der Waals surface area (Å²) in [5.41, 5.74) is 0.122. The Morgan fingerprint density at radius 2 is 1.92 bits per heavy atom. The summed E-state index contributed by atoms with van der Waals surface area (Å²) in [6, 6.07) is 4.51. The number of benzene rings is 1. The second-order valence-electron chi connectivity index (χ2n) is 5.67. The summed E-state index contributed by atoms with van der Waals surface area (Å²) in [7, 11) is 1.41. The van der Waals surface area contributed by atoms with Crippen LogP contribution >= 0.6 is 11.6 Å². The Kier molecular flexibility index (Phi) is 6.61. The van der Waals surface area contributed by atoms with Crippen LogP contribution in [0.15, 0.2) is 18.2 Å². The first-order valence-corrected chi connectivity index (χ1v) is 8.23. The van der Waals surface area contributed by atoms with Gasteiger partial charge in [0.2, 0.25) is 5.91 Å². The van der Waals surface area contributed by atoms with Gasteiger partial charge in [0.15, 0.2) is 6.61 Å². The molecule has 0 spiro atoms. The van der Waals surface area contributed by atoms with E-state index in [1.807, 2.05) is 0 Å². The molecule has 0 radical (unpaired) electrons. The smallest absolute Gasteiger partial charge is 0.342 e. The minimum Gasteiger partial charge on any atom is -0.496 e. The lowest BCUT2D eigenvalue weighted by molar-refractivity contribution is -0.135. The summed E-state index contributed by atoms with van der Waals surface area (Å²) in [6.07, 6.45) is 4.69. The number of hydrogen-bond donors (Lipinski definition) is 1. The molecule has 1 aliphatic rings. The van der Waals surface area contributed by atoms with Crippen molar-refractivity contribution < 1.29 is 23.9 Å². The van der Waals surface area contributed by atoms with Crippen LogP contribution in [0.1, 0.15) is 42.5 Å². The van der Waals surface area contributed by atoms with Crippen LogP contribution in [0.25, 0.3) is 0 Å². The van der Waals surface area contributed by atoms with Crippen LogP contribution in [0.5, 0.6) is 5.75 Å². The quantitative estimate of drug-likeness (QED) is 0.823. The molecule has 0 aromatic heterocycles. The van der Waals surface area contributed by atoms with Gasteiger partial charge in [-0.15, -0.1) is 0 Å². The minimum atomic E-state index is -0.741. The molecule has 24 heavy (non-hydrogen) atoms. The third kappa shape index (κ3) is 4.96. The molecule has 0 bridgehead atoms. The Hall–Kier alpha value is -2.08. The Morgan fingerprint density at radius 3 is 2.58 bits per heavy atom. The predicted molar refractivity (Wildman–Crippen MR) is 88.0 cm³/mol. The van der Waals surface area contributed by atoms with E-state index in [4.69, 9.17) is 21.1 Å². The van der Waals surface area contributed by atoms with Crippen molar-refractivity contribution in [1.29, 1.82) is 0 Å². The number of halogens is 1. The van der Waals surface area contributed by atoms with Crippen LogP contribution in [-0.4, -0.2) is 31.5 Å². The number of hydrogen-bond acceptors (Lipinski definition) is 5. The van der Waals surface area contributed by atoms with Crippen LogP contribution in [-0.2, 0) is 14.3 Å². The number of ether oxygens (including phenoxy) is 2. The van der Waals surface area contributed by atoms with Gasteiger partial charge in [0.25, 0.3) is 5.91 Å². The summed E-state index contributed by atoms with van der Waals surface area (Å²) in [6.45, 7) is -0.535. The zero-order valence-electron chi connectivity index (χ0n) is 13.5. The van der Waals surface area contributed by atoms with E-state index in [-0.39, 0.29) is 17.4 Å². The Balaban J connectivity index is 1.86. The summed E-state index contributed by atoms with van der Waals surface area (Å²) >= 11 is 5.85. The maximum absolute atomic E-state index is 12.0. The van der Waals surface area contributed by atoms with Gasteiger partial charge in [0.05, 0.1) is 7.11 Å². The van der Waals surface area contributed by atoms with Gasteiger partial charge in [0, 0.05) is 10.9 Å². The highest BCUT2D eigenvalue weighted by atomic mass is 35.5. The van der Waals surface area contributed by atoms with E-state index in [1.165, 1.54) is 19.2 Å². The average molecular weight is 354 g/mol. The van der Waals surface area contributed by atoms with E-state index in [1.54, 1.807) is 6.07 Å². The fraction of sp³-hybridized carbons (Fsp3) is 0.471. The first-order chi connectivity index (χ1) is 11.5. The Morgan fingerprint density at radius 1 is 1.21 bits per heavy atom. The number of methoxy groups -OCH3 is 1. The van der Waals surface area contributed by atoms with Crippen LogP contribution < -0.4 is 10.1 Å². The zero-order valence-corrected chi connectivity index (χ0v) is 14.2. The highest BCUT2D eigenvalue weighted by Gasteiger charge is 2.23. The molecule has 1 aromatic rings. The first kappa shape index (κ1) is 18.3. The van der Waals surface area contributed by atoms with Crippen molar-refractivity contribution in [1.82, 2.24) is 5.32 Å². The summed E-state index contributed by atoms with van der Waals surface area (Å²) in [5.74, 6) is -1.51. The van der Waals surface area contributed by atoms with Crippen molar-refractivity contribution in [2.45, 2.75) is 32.1 Å². The van der Waals surface area contributed by atoms with E-state index < -0.39 is 18.5 Å². The molecule has 2 rings (SSSR count). The van der Waals surface area contributed by atoms with Crippen molar-refractivity contribution in [2.75, 3.05) is 13.7 Å². The number of amides is 2. The molecule has 6 nitrogen and oxygen atoms in total. The number of carbonyl (C=O) groups excluding carboxylic acids is 3. The van der Waals surface area contributed by atoms with E-state index in [0.29, 0.717) is 10.8 Å². The molecule has 0 atom stereocenters. The molecule has 1 saturated carbocycles. The number of carbonyl (C=O) groups is 3. The minimum absolute atomic E-state index is 0.122. The number of esters is 1. The van der Waals surface area contributed by atoms with Gasteiger partial charge in [-0.2, -0.15) is 0 Å². The topological polar surface area (TPSA) is 81.7 Å². The largest absolute Gasteiger partial charge is 0.496 e. The van der Waals surface area contributed by atoms with Crippen LogP contribution in [0.4, 0.5) is 0 Å². The molecule has 1 N–H and O–H groups in total. The van der Waals surface area contributed by atoms with E-state index in [0.717, 1.165) is 32.1 Å². The van der Waals surface area contributed by atoms with Gasteiger partial charge in [-0.3, -0.25) is 14.9 Å². The molecule has 0 unspecified atom stereocenters. The van der Waals surface area contributed by atoms with Crippen molar-refractivity contribution >= 4 is 29.4 Å². The SMILES string of the molecule is COc1ccc(Cl)cc1C(=O)OCC(=O)NC(=O)C1CCCCC1. The summed E-state index contributed by atoms with van der Waals surface area (Å²) in [5, 5.41) is 2.63. The molecule has 130 valence electrons. The van der Waals surface area contributed by atoms with Gasteiger partial charge in [-0.25, -0.2) is 4.79 Å². The lowest BCUT2D eigenvalue weighted by Crippen LogP contribution is -2.38. The van der Waals surface area contributed by atoms with Gasteiger partial charge in [0.1, 0.15) is 11.3 Å². The molecule has 1 aromatic carbocycles. The number of rotatable bonds is 5.